The van der Waals surface area contributed by atoms with E-state index in [4.69, 9.17) is 4.74 Å². The van der Waals surface area contributed by atoms with E-state index in [0.29, 0.717) is 22.6 Å². The highest BCUT2D eigenvalue weighted by atomic mass is 32.2. The van der Waals surface area contributed by atoms with Crippen molar-refractivity contribution in [2.24, 2.45) is 4.36 Å². The van der Waals surface area contributed by atoms with Crippen molar-refractivity contribution in [3.63, 3.8) is 0 Å². The van der Waals surface area contributed by atoms with Gasteiger partial charge in [0.15, 0.2) is 11.7 Å². The Balaban J connectivity index is 1.50. The van der Waals surface area contributed by atoms with Crippen LogP contribution in [0.3, 0.4) is 0 Å². The average Bonchev–Trinajstić information content (AvgIpc) is 3.41. The molecule has 0 saturated carbocycles. The van der Waals surface area contributed by atoms with Crippen molar-refractivity contribution in [1.82, 2.24) is 15.1 Å². The molecule has 2 N–H and O–H groups in total. The second-order valence-electron chi connectivity index (χ2n) is 8.48. The number of H-pyrrole nitrogens is 2. The molecule has 0 saturated heterocycles. The molecule has 0 atom stereocenters. The van der Waals surface area contributed by atoms with Gasteiger partial charge in [0.2, 0.25) is 0 Å². The molecule has 2 aromatic heterocycles. The molecule has 0 aliphatic heterocycles. The van der Waals surface area contributed by atoms with Crippen LogP contribution in [0, 0.1) is 18.6 Å². The summed E-state index contributed by atoms with van der Waals surface area (Å²) in [6, 6.07) is 13.9. The topological polar surface area (TPSA) is 113 Å². The Morgan fingerprint density at radius 1 is 1.03 bits per heavy atom. The first-order valence-corrected chi connectivity index (χ1v) is 13.0. The lowest BCUT2D eigenvalue weighted by Gasteiger charge is -2.07. The van der Waals surface area contributed by atoms with Crippen LogP contribution >= 0.6 is 0 Å². The van der Waals surface area contributed by atoms with Crippen molar-refractivity contribution in [3.8, 4) is 34.1 Å². The molecule has 0 fully saturated rings. The zero-order valence-corrected chi connectivity index (χ0v) is 20.2. The van der Waals surface area contributed by atoms with Gasteiger partial charge in [-0.3, -0.25) is 9.51 Å². The predicted octanol–water partition coefficient (Wildman–Crippen LogP) is 5.92. The number of nitrogens with one attached hydrogen (secondary N) is 2. The van der Waals surface area contributed by atoms with Gasteiger partial charge in [-0.2, -0.15) is 4.36 Å². The van der Waals surface area contributed by atoms with Crippen LogP contribution in [0.5, 0.6) is 11.6 Å². The number of ether oxygens (including phenoxy) is 1. The average molecular weight is 511 g/mol. The van der Waals surface area contributed by atoms with Crippen LogP contribution in [0.1, 0.15) is 5.56 Å². The van der Waals surface area contributed by atoms with E-state index in [2.05, 4.69) is 24.0 Å². The van der Waals surface area contributed by atoms with Crippen molar-refractivity contribution >= 4 is 26.3 Å². The highest BCUT2D eigenvalue weighted by Crippen LogP contribution is 2.36. The molecule has 11 heteroatoms. The van der Waals surface area contributed by atoms with Crippen LogP contribution < -0.4 is 10.5 Å². The highest BCUT2D eigenvalue weighted by Gasteiger charge is 2.19. The van der Waals surface area contributed by atoms with Crippen molar-refractivity contribution in [1.29, 1.82) is 0 Å². The smallest absolute Gasteiger partial charge is 0.439 e. The molecule has 0 aliphatic rings. The normalized spacial score (nSPS) is 11.7. The number of hydrogen-bond donors (Lipinski definition) is 2. The van der Waals surface area contributed by atoms with Crippen LogP contribution in [0.2, 0.25) is 0 Å². The Morgan fingerprint density at radius 2 is 1.78 bits per heavy atom. The third kappa shape index (κ3) is 4.65. The number of aromatic amines is 2. The van der Waals surface area contributed by atoms with Gasteiger partial charge in [-0.1, -0.05) is 23.4 Å². The zero-order chi connectivity index (χ0) is 25.6. The van der Waals surface area contributed by atoms with Gasteiger partial charge in [-0.05, 0) is 48.4 Å². The Labute approximate surface area is 204 Å². The van der Waals surface area contributed by atoms with Crippen LogP contribution in [-0.2, 0) is 9.73 Å². The van der Waals surface area contributed by atoms with Gasteiger partial charge >= 0.3 is 5.76 Å². The molecule has 0 radical (unpaired) electrons. The Hall–Kier alpha value is -4.25. The van der Waals surface area contributed by atoms with E-state index in [-0.39, 0.29) is 28.2 Å². The summed E-state index contributed by atoms with van der Waals surface area (Å²) in [5.74, 6) is -1.36. The monoisotopic (exact) mass is 510 g/mol. The quantitative estimate of drug-likeness (QED) is 0.305. The van der Waals surface area contributed by atoms with Crippen LogP contribution in [-0.4, -0.2) is 31.8 Å². The third-order valence-corrected chi connectivity index (χ3v) is 6.05. The maximum absolute atomic E-state index is 15.4. The second kappa shape index (κ2) is 8.76. The van der Waals surface area contributed by atoms with Gasteiger partial charge in [0, 0.05) is 39.3 Å². The summed E-state index contributed by atoms with van der Waals surface area (Å²) in [5.41, 5.74) is 2.21. The van der Waals surface area contributed by atoms with Crippen molar-refractivity contribution in [2.75, 3.05) is 12.5 Å². The molecule has 8 nitrogen and oxygen atoms in total. The summed E-state index contributed by atoms with van der Waals surface area (Å²) in [6.07, 6.45) is 3.01. The van der Waals surface area contributed by atoms with Gasteiger partial charge < -0.3 is 9.72 Å². The number of fused-ring (bicyclic) bond motifs is 1. The number of hydrogen-bond acceptors (Lipinski definition) is 6. The van der Waals surface area contributed by atoms with E-state index in [1.165, 1.54) is 36.8 Å². The summed E-state index contributed by atoms with van der Waals surface area (Å²) in [7, 11) is -2.36. The number of halogens is 2. The maximum atomic E-state index is 15.4. The first-order valence-electron chi connectivity index (χ1n) is 10.7. The van der Waals surface area contributed by atoms with Gasteiger partial charge in [0.1, 0.15) is 17.4 Å². The van der Waals surface area contributed by atoms with E-state index in [9.17, 15) is 13.4 Å². The molecule has 0 spiro atoms. The fourth-order valence-corrected chi connectivity index (χ4v) is 4.46. The lowest BCUT2D eigenvalue weighted by molar-refractivity contribution is 0.388. The minimum Gasteiger partial charge on any atom is -0.441 e. The first kappa shape index (κ1) is 23.5. The van der Waals surface area contributed by atoms with Gasteiger partial charge in [-0.15, -0.1) is 0 Å². The molecule has 0 unspecified atom stereocenters. The summed E-state index contributed by atoms with van der Waals surface area (Å²) >= 11 is 0. The van der Waals surface area contributed by atoms with Crippen molar-refractivity contribution in [3.05, 3.63) is 82.3 Å². The van der Waals surface area contributed by atoms with Crippen LogP contribution in [0.25, 0.3) is 33.4 Å². The SMILES string of the molecule is Cc1ccc(Oc2cc3c(F)c(-c4ccc(N=S(C)(C)=O)cc4)c(F)cc3[nH]2)cc1-c1noc(=O)[nH]1. The van der Waals surface area contributed by atoms with Gasteiger partial charge in [0.05, 0.1) is 16.8 Å². The number of aryl methyl sites for hydroxylation is 1. The lowest BCUT2D eigenvalue weighted by Crippen LogP contribution is -1.96. The van der Waals surface area contributed by atoms with E-state index in [0.717, 1.165) is 5.56 Å². The highest BCUT2D eigenvalue weighted by molar-refractivity contribution is 7.92. The molecule has 5 aromatic rings. The lowest BCUT2D eigenvalue weighted by atomic mass is 10.0. The Kier molecular flexibility index (Phi) is 5.71. The molecule has 184 valence electrons. The number of nitrogens with zero attached hydrogens (tertiary/aromatic N) is 2. The number of benzene rings is 3. The third-order valence-electron chi connectivity index (χ3n) is 5.40. The Bertz CT molecular complexity index is 1790. The standard InChI is InChI=1S/C25H20F2N4O4S/c1-13-4-9-16(10-17(13)24-29-25(32)35-30-24)34-21-11-18-20(28-21)12-19(26)22(23(18)27)14-5-7-15(8-6-14)31-36(2,3)33/h4-12,28H,1-3H3,(H,29,30,32). The zero-order valence-electron chi connectivity index (χ0n) is 19.4. The summed E-state index contributed by atoms with van der Waals surface area (Å²) in [5, 5.41) is 3.84. The molecule has 0 aliphatic carbocycles. The molecule has 2 heterocycles. The molecule has 5 rings (SSSR count). The number of rotatable bonds is 5. The molecule has 36 heavy (non-hydrogen) atoms. The minimum absolute atomic E-state index is 0.147. The van der Waals surface area contributed by atoms with Crippen molar-refractivity contribution in [2.45, 2.75) is 6.92 Å². The van der Waals surface area contributed by atoms with E-state index in [1.54, 1.807) is 30.3 Å². The fraction of sp³-hybridized carbons (Fsp3) is 0.120. The van der Waals surface area contributed by atoms with Crippen LogP contribution in [0.15, 0.2) is 68.3 Å². The molecular formula is C25H20F2N4O4S. The molecule has 0 amide bonds. The van der Waals surface area contributed by atoms with Crippen molar-refractivity contribution < 1.29 is 22.2 Å². The predicted molar refractivity (Wildman–Crippen MR) is 133 cm³/mol. The van der Waals surface area contributed by atoms with E-state index in [1.807, 2.05) is 6.92 Å². The Morgan fingerprint density at radius 3 is 2.44 bits per heavy atom. The molecule has 3 aromatic carbocycles. The summed E-state index contributed by atoms with van der Waals surface area (Å²) in [4.78, 5) is 16.7. The van der Waals surface area contributed by atoms with Gasteiger partial charge in [0.25, 0.3) is 0 Å². The first-order chi connectivity index (χ1) is 17.1. The molecule has 0 bridgehead atoms. The van der Waals surface area contributed by atoms with E-state index < -0.39 is 27.1 Å². The maximum Gasteiger partial charge on any atom is 0.439 e. The summed E-state index contributed by atoms with van der Waals surface area (Å²) < 4.78 is 56.8. The number of aromatic nitrogens is 3. The fourth-order valence-electron chi connectivity index (χ4n) is 3.83. The molecular weight excluding hydrogens is 490 g/mol. The minimum atomic E-state index is -2.36. The summed E-state index contributed by atoms with van der Waals surface area (Å²) in [6.45, 7) is 1.83. The van der Waals surface area contributed by atoms with Gasteiger partial charge in [-0.25, -0.2) is 17.8 Å². The second-order valence-corrected chi connectivity index (χ2v) is 11.0. The van der Waals surface area contributed by atoms with Crippen LogP contribution in [0.4, 0.5) is 14.5 Å². The largest absolute Gasteiger partial charge is 0.441 e. The van der Waals surface area contributed by atoms with E-state index >= 15 is 4.39 Å².